The Morgan fingerprint density at radius 3 is 2.83 bits per heavy atom. The molecule has 0 spiro atoms. The zero-order valence-electron chi connectivity index (χ0n) is 9.94. The first-order valence-corrected chi connectivity index (χ1v) is 7.53. The molecule has 2 aromatic carbocycles. The summed E-state index contributed by atoms with van der Waals surface area (Å²) in [4.78, 5) is 0. The fourth-order valence-electron chi connectivity index (χ4n) is 4.63. The van der Waals surface area contributed by atoms with Crippen molar-refractivity contribution >= 4 is 26.7 Å². The molecule has 88 valence electrons. The minimum atomic E-state index is 0.766. The monoisotopic (exact) mass is 296 g/mol. The van der Waals surface area contributed by atoms with Gasteiger partial charge in [-0.15, -0.1) is 0 Å². The Balaban J connectivity index is 1.87. The summed E-state index contributed by atoms with van der Waals surface area (Å²) in [5.74, 6) is 3.25. The van der Waals surface area contributed by atoms with Gasteiger partial charge in [0.25, 0.3) is 0 Å². The highest BCUT2D eigenvalue weighted by Crippen LogP contribution is 2.67. The van der Waals surface area contributed by atoms with Crippen molar-refractivity contribution in [1.82, 2.24) is 0 Å². The van der Waals surface area contributed by atoms with E-state index in [0.29, 0.717) is 0 Å². The number of hydrogen-bond acceptors (Lipinski definition) is 0. The van der Waals surface area contributed by atoms with Gasteiger partial charge in [-0.25, -0.2) is 0 Å². The topological polar surface area (TPSA) is 0 Å². The predicted molar refractivity (Wildman–Crippen MR) is 77.9 cm³/mol. The SMILES string of the molecule is Brc1ccc2c3c(cccc13)C1C3CC=CC3C21. The maximum Gasteiger partial charge on any atom is 0.0254 e. The van der Waals surface area contributed by atoms with Crippen LogP contribution in [0.3, 0.4) is 0 Å². The van der Waals surface area contributed by atoms with Gasteiger partial charge in [-0.05, 0) is 58.1 Å². The van der Waals surface area contributed by atoms with Crippen molar-refractivity contribution in [2.75, 3.05) is 0 Å². The van der Waals surface area contributed by atoms with Crippen LogP contribution in [0, 0.1) is 11.8 Å². The van der Waals surface area contributed by atoms with E-state index < -0.39 is 0 Å². The van der Waals surface area contributed by atoms with Crippen molar-refractivity contribution in [3.8, 4) is 0 Å². The first kappa shape index (κ1) is 9.80. The van der Waals surface area contributed by atoms with E-state index in [9.17, 15) is 0 Å². The lowest BCUT2D eigenvalue weighted by Gasteiger charge is -2.46. The Kier molecular flexibility index (Phi) is 1.68. The van der Waals surface area contributed by atoms with Gasteiger partial charge in [0.1, 0.15) is 0 Å². The van der Waals surface area contributed by atoms with E-state index in [2.05, 4.69) is 58.4 Å². The highest BCUT2D eigenvalue weighted by molar-refractivity contribution is 9.10. The normalized spacial score (nSPS) is 34.5. The molecule has 0 bridgehead atoms. The summed E-state index contributed by atoms with van der Waals surface area (Å²) in [6, 6.07) is 11.4. The van der Waals surface area contributed by atoms with Gasteiger partial charge in [0.15, 0.2) is 0 Å². The molecule has 0 nitrogen and oxygen atoms in total. The third-order valence-electron chi connectivity index (χ3n) is 5.29. The molecule has 0 amide bonds. The summed E-state index contributed by atoms with van der Waals surface area (Å²) in [7, 11) is 0. The Hall–Kier alpha value is -1.08. The average Bonchev–Trinajstić information content (AvgIpc) is 2.88. The highest BCUT2D eigenvalue weighted by atomic mass is 79.9. The first-order valence-electron chi connectivity index (χ1n) is 6.74. The van der Waals surface area contributed by atoms with Crippen molar-refractivity contribution in [2.45, 2.75) is 18.3 Å². The lowest BCUT2D eigenvalue weighted by atomic mass is 9.57. The van der Waals surface area contributed by atoms with Gasteiger partial charge in [-0.3, -0.25) is 0 Å². The van der Waals surface area contributed by atoms with E-state index in [4.69, 9.17) is 0 Å². The molecule has 5 rings (SSSR count). The summed E-state index contributed by atoms with van der Waals surface area (Å²) in [5, 5.41) is 2.95. The van der Waals surface area contributed by atoms with E-state index in [-0.39, 0.29) is 0 Å². The van der Waals surface area contributed by atoms with Crippen LogP contribution in [0.25, 0.3) is 10.8 Å². The van der Waals surface area contributed by atoms with Crippen LogP contribution in [0.15, 0.2) is 47.0 Å². The molecule has 2 aromatic rings. The Morgan fingerprint density at radius 1 is 1.00 bits per heavy atom. The Labute approximate surface area is 115 Å². The molecule has 1 saturated carbocycles. The quantitative estimate of drug-likeness (QED) is 0.601. The fourth-order valence-corrected chi connectivity index (χ4v) is 5.10. The van der Waals surface area contributed by atoms with Crippen LogP contribution in [-0.4, -0.2) is 0 Å². The summed E-state index contributed by atoms with van der Waals surface area (Å²) in [6.07, 6.45) is 6.15. The molecule has 0 heterocycles. The van der Waals surface area contributed by atoms with E-state index >= 15 is 0 Å². The summed E-state index contributed by atoms with van der Waals surface area (Å²) in [6.45, 7) is 0. The number of benzene rings is 2. The van der Waals surface area contributed by atoms with Gasteiger partial charge >= 0.3 is 0 Å². The minimum absolute atomic E-state index is 0.766. The molecule has 4 unspecified atom stereocenters. The van der Waals surface area contributed by atoms with Crippen LogP contribution < -0.4 is 0 Å². The van der Waals surface area contributed by atoms with Gasteiger partial charge < -0.3 is 0 Å². The molecule has 0 aromatic heterocycles. The van der Waals surface area contributed by atoms with Gasteiger partial charge in [0.2, 0.25) is 0 Å². The van der Waals surface area contributed by atoms with Crippen molar-refractivity contribution < 1.29 is 0 Å². The molecule has 3 aliphatic carbocycles. The molecule has 18 heavy (non-hydrogen) atoms. The second-order valence-corrected chi connectivity index (χ2v) is 6.72. The Morgan fingerprint density at radius 2 is 1.89 bits per heavy atom. The molecular weight excluding hydrogens is 284 g/mol. The zero-order valence-corrected chi connectivity index (χ0v) is 11.5. The lowest BCUT2D eigenvalue weighted by molar-refractivity contribution is 0.157. The fraction of sp³-hybridized carbons (Fsp3) is 0.294. The van der Waals surface area contributed by atoms with Crippen LogP contribution in [0.1, 0.15) is 29.4 Å². The molecule has 0 aliphatic heterocycles. The summed E-state index contributed by atoms with van der Waals surface area (Å²) in [5.41, 5.74) is 3.21. The van der Waals surface area contributed by atoms with E-state index in [1.807, 2.05) is 0 Å². The van der Waals surface area contributed by atoms with Gasteiger partial charge in [-0.2, -0.15) is 0 Å². The van der Waals surface area contributed by atoms with Crippen molar-refractivity contribution in [2.24, 2.45) is 11.8 Å². The van der Waals surface area contributed by atoms with Crippen LogP contribution in [0.4, 0.5) is 0 Å². The van der Waals surface area contributed by atoms with Crippen LogP contribution in [0.5, 0.6) is 0 Å². The molecule has 0 N–H and O–H groups in total. The zero-order chi connectivity index (χ0) is 11.9. The van der Waals surface area contributed by atoms with Gasteiger partial charge in [0, 0.05) is 4.47 Å². The maximum atomic E-state index is 3.70. The van der Waals surface area contributed by atoms with E-state index in [1.54, 1.807) is 16.5 Å². The molecule has 1 fully saturated rings. The summed E-state index contributed by atoms with van der Waals surface area (Å²) < 4.78 is 1.24. The van der Waals surface area contributed by atoms with Crippen LogP contribution in [0.2, 0.25) is 0 Å². The van der Waals surface area contributed by atoms with Crippen molar-refractivity contribution in [3.05, 3.63) is 58.1 Å². The van der Waals surface area contributed by atoms with E-state index in [1.165, 1.54) is 16.3 Å². The third kappa shape index (κ3) is 0.925. The number of fused-ring (bicyclic) bond motifs is 6. The number of hydrogen-bond donors (Lipinski definition) is 0. The average molecular weight is 297 g/mol. The number of halogens is 1. The Bertz CT molecular complexity index is 713. The molecule has 0 saturated heterocycles. The minimum Gasteiger partial charge on any atom is -0.0879 e. The summed E-state index contributed by atoms with van der Waals surface area (Å²) >= 11 is 3.70. The van der Waals surface area contributed by atoms with Crippen molar-refractivity contribution in [1.29, 1.82) is 0 Å². The molecule has 1 heteroatoms. The molecular formula is C17H13Br. The lowest BCUT2D eigenvalue weighted by Crippen LogP contribution is -2.37. The first-order chi connectivity index (χ1) is 8.86. The van der Waals surface area contributed by atoms with E-state index in [0.717, 1.165) is 23.7 Å². The third-order valence-corrected chi connectivity index (χ3v) is 5.99. The standard InChI is InChI=1S/C17H13Br/c18-14-8-7-13-15-11(14)5-2-6-12(15)16-9-3-1-4-10(9)17(13)16/h1-2,4-10,16-17H,3H2. The van der Waals surface area contributed by atoms with Gasteiger partial charge in [0.05, 0.1) is 0 Å². The molecule has 0 radical (unpaired) electrons. The number of rotatable bonds is 0. The second kappa shape index (κ2) is 3.08. The second-order valence-electron chi connectivity index (χ2n) is 5.86. The van der Waals surface area contributed by atoms with Crippen molar-refractivity contribution in [3.63, 3.8) is 0 Å². The maximum absolute atomic E-state index is 3.70. The number of allylic oxidation sites excluding steroid dienone is 2. The highest BCUT2D eigenvalue weighted by Gasteiger charge is 2.55. The van der Waals surface area contributed by atoms with Gasteiger partial charge in [-0.1, -0.05) is 52.3 Å². The molecule has 3 aliphatic rings. The largest absolute Gasteiger partial charge is 0.0879 e. The molecule has 4 atom stereocenters. The predicted octanol–water partition coefficient (Wildman–Crippen LogP) is 4.99. The van der Waals surface area contributed by atoms with Crippen LogP contribution >= 0.6 is 15.9 Å². The van der Waals surface area contributed by atoms with Crippen LogP contribution in [-0.2, 0) is 0 Å². The smallest absolute Gasteiger partial charge is 0.0254 e.